The number of hydrogen-bond acceptors (Lipinski definition) is 1. The zero-order chi connectivity index (χ0) is 13.4. The van der Waals surface area contributed by atoms with Crippen LogP contribution in [-0.2, 0) is 5.88 Å². The molecule has 0 aliphatic heterocycles. The second-order valence-corrected chi connectivity index (χ2v) is 5.98. The first-order chi connectivity index (χ1) is 9.19. The zero-order valence-electron chi connectivity index (χ0n) is 10.4. The van der Waals surface area contributed by atoms with Gasteiger partial charge in [-0.05, 0) is 71.5 Å². The highest BCUT2D eigenvalue weighted by Gasteiger charge is 2.11. The van der Waals surface area contributed by atoms with E-state index in [-0.39, 0.29) is 0 Å². The molecule has 0 N–H and O–H groups in total. The van der Waals surface area contributed by atoms with Crippen LogP contribution >= 0.6 is 34.2 Å². The van der Waals surface area contributed by atoms with Crippen molar-refractivity contribution in [2.45, 2.75) is 12.8 Å². The fourth-order valence-electron chi connectivity index (χ4n) is 2.21. The Balaban J connectivity index is 2.29. The Morgan fingerprint density at radius 3 is 2.58 bits per heavy atom. The summed E-state index contributed by atoms with van der Waals surface area (Å²) in [7, 11) is 0. The molecule has 0 atom stereocenters. The van der Waals surface area contributed by atoms with Crippen molar-refractivity contribution in [2.75, 3.05) is 0 Å². The number of halogens is 2. The number of aromatic nitrogens is 2. The van der Waals surface area contributed by atoms with Crippen LogP contribution in [-0.4, -0.2) is 9.55 Å². The summed E-state index contributed by atoms with van der Waals surface area (Å²) >= 11 is 8.34. The third-order valence-electron chi connectivity index (χ3n) is 3.08. The van der Waals surface area contributed by atoms with Gasteiger partial charge in [0, 0.05) is 9.26 Å². The topological polar surface area (TPSA) is 17.8 Å². The van der Waals surface area contributed by atoms with Crippen molar-refractivity contribution < 1.29 is 0 Å². The quantitative estimate of drug-likeness (QED) is 0.465. The summed E-state index contributed by atoms with van der Waals surface area (Å²) < 4.78 is 3.34. The maximum absolute atomic E-state index is 6.04. The van der Waals surface area contributed by atoms with Gasteiger partial charge in [-0.3, -0.25) is 4.57 Å². The van der Waals surface area contributed by atoms with Crippen LogP contribution in [0, 0.1) is 10.5 Å². The number of fused-ring (bicyclic) bond motifs is 1. The monoisotopic (exact) mass is 382 g/mol. The van der Waals surface area contributed by atoms with Gasteiger partial charge in [-0.15, -0.1) is 11.6 Å². The van der Waals surface area contributed by atoms with E-state index in [9.17, 15) is 0 Å². The molecule has 0 spiro atoms. The molecule has 2 nitrogen and oxygen atoms in total. The first-order valence-corrected chi connectivity index (χ1v) is 7.60. The van der Waals surface area contributed by atoms with Gasteiger partial charge in [0.05, 0.1) is 16.9 Å². The largest absolute Gasteiger partial charge is 0.295 e. The van der Waals surface area contributed by atoms with Gasteiger partial charge in [-0.25, -0.2) is 4.98 Å². The van der Waals surface area contributed by atoms with Gasteiger partial charge in [0.15, 0.2) is 0 Å². The highest BCUT2D eigenvalue weighted by Crippen LogP contribution is 2.24. The molecule has 0 aliphatic rings. The molecule has 0 saturated carbocycles. The van der Waals surface area contributed by atoms with Crippen LogP contribution in [0.2, 0.25) is 0 Å². The van der Waals surface area contributed by atoms with E-state index >= 15 is 0 Å². The maximum atomic E-state index is 6.04. The molecule has 1 aromatic heterocycles. The average Bonchev–Trinajstić information content (AvgIpc) is 2.77. The molecule has 0 saturated heterocycles. The summed E-state index contributed by atoms with van der Waals surface area (Å²) in [5, 5.41) is 0. The molecule has 0 radical (unpaired) electrons. The highest BCUT2D eigenvalue weighted by molar-refractivity contribution is 14.1. The van der Waals surface area contributed by atoms with Gasteiger partial charge >= 0.3 is 0 Å². The molecular weight excluding hydrogens is 371 g/mol. The number of alkyl halides is 1. The van der Waals surface area contributed by atoms with Crippen LogP contribution in [0.15, 0.2) is 42.5 Å². The van der Waals surface area contributed by atoms with Crippen molar-refractivity contribution in [3.05, 3.63) is 57.4 Å². The summed E-state index contributed by atoms with van der Waals surface area (Å²) in [4.78, 5) is 4.62. The standard InChI is InChI=1S/C15H12ClIN2/c1-10-2-7-14-13(8-10)18-15(9-16)19(14)12-5-3-11(17)4-6-12/h2-8H,9H2,1H3. The Hall–Kier alpha value is -1.07. The second-order valence-electron chi connectivity index (χ2n) is 4.47. The smallest absolute Gasteiger partial charge is 0.129 e. The predicted molar refractivity (Wildman–Crippen MR) is 88.1 cm³/mol. The lowest BCUT2D eigenvalue weighted by Gasteiger charge is -2.07. The number of benzene rings is 2. The maximum Gasteiger partial charge on any atom is 0.129 e. The highest BCUT2D eigenvalue weighted by atomic mass is 127. The number of rotatable bonds is 2. The fraction of sp³-hybridized carbons (Fsp3) is 0.133. The molecule has 0 bridgehead atoms. The van der Waals surface area contributed by atoms with E-state index in [2.05, 4.69) is 81.5 Å². The normalized spacial score (nSPS) is 11.1. The molecule has 3 aromatic rings. The van der Waals surface area contributed by atoms with Crippen LogP contribution in [0.3, 0.4) is 0 Å². The molecule has 96 valence electrons. The molecule has 1 heterocycles. The second kappa shape index (κ2) is 5.13. The van der Waals surface area contributed by atoms with Gasteiger partial charge in [0.2, 0.25) is 0 Å². The third kappa shape index (κ3) is 2.37. The van der Waals surface area contributed by atoms with Gasteiger partial charge in [-0.2, -0.15) is 0 Å². The van der Waals surface area contributed by atoms with E-state index in [0.717, 1.165) is 22.5 Å². The number of hydrogen-bond donors (Lipinski definition) is 0. The molecule has 0 aliphatic carbocycles. The third-order valence-corrected chi connectivity index (χ3v) is 4.04. The van der Waals surface area contributed by atoms with Crippen LogP contribution in [0.5, 0.6) is 0 Å². The fourth-order valence-corrected chi connectivity index (χ4v) is 2.75. The Morgan fingerprint density at radius 1 is 1.16 bits per heavy atom. The van der Waals surface area contributed by atoms with Crippen molar-refractivity contribution in [3.63, 3.8) is 0 Å². The first kappa shape index (κ1) is 12.9. The van der Waals surface area contributed by atoms with Gasteiger partial charge < -0.3 is 0 Å². The molecule has 19 heavy (non-hydrogen) atoms. The van der Waals surface area contributed by atoms with Crippen molar-refractivity contribution in [2.24, 2.45) is 0 Å². The summed E-state index contributed by atoms with van der Waals surface area (Å²) in [5.41, 5.74) is 4.40. The van der Waals surface area contributed by atoms with Crippen LogP contribution in [0.4, 0.5) is 0 Å². The van der Waals surface area contributed by atoms with Crippen molar-refractivity contribution in [1.82, 2.24) is 9.55 Å². The van der Waals surface area contributed by atoms with Gasteiger partial charge in [0.1, 0.15) is 5.82 Å². The SMILES string of the molecule is Cc1ccc2c(c1)nc(CCl)n2-c1ccc(I)cc1. The molecule has 2 aromatic carbocycles. The number of imidazole rings is 1. The number of aryl methyl sites for hydroxylation is 1. The lowest BCUT2D eigenvalue weighted by Crippen LogP contribution is -1.99. The minimum absolute atomic E-state index is 0.402. The molecule has 0 fully saturated rings. The van der Waals surface area contributed by atoms with Crippen LogP contribution in [0.25, 0.3) is 16.7 Å². The lowest BCUT2D eigenvalue weighted by atomic mass is 10.2. The van der Waals surface area contributed by atoms with Crippen molar-refractivity contribution >= 4 is 45.2 Å². The van der Waals surface area contributed by atoms with Crippen LogP contribution in [0.1, 0.15) is 11.4 Å². The van der Waals surface area contributed by atoms with Gasteiger partial charge in [-0.1, -0.05) is 6.07 Å². The Kier molecular flexibility index (Phi) is 3.50. The Labute approximate surface area is 130 Å². The molecule has 3 rings (SSSR count). The first-order valence-electron chi connectivity index (χ1n) is 5.99. The number of nitrogens with zero attached hydrogens (tertiary/aromatic N) is 2. The van der Waals surface area contributed by atoms with E-state index in [0.29, 0.717) is 5.88 Å². The summed E-state index contributed by atoms with van der Waals surface area (Å²) in [6.45, 7) is 2.07. The minimum Gasteiger partial charge on any atom is -0.295 e. The Morgan fingerprint density at radius 2 is 1.89 bits per heavy atom. The average molecular weight is 383 g/mol. The van der Waals surface area contributed by atoms with E-state index in [1.54, 1.807) is 0 Å². The molecular formula is C15H12ClIN2. The zero-order valence-corrected chi connectivity index (χ0v) is 13.3. The van der Waals surface area contributed by atoms with E-state index in [1.165, 1.54) is 9.13 Å². The van der Waals surface area contributed by atoms with Crippen molar-refractivity contribution in [3.8, 4) is 5.69 Å². The Bertz CT molecular complexity index is 732. The predicted octanol–water partition coefficient (Wildman–Crippen LogP) is 4.68. The van der Waals surface area contributed by atoms with E-state index in [1.807, 2.05) is 0 Å². The minimum atomic E-state index is 0.402. The molecule has 0 amide bonds. The summed E-state index contributed by atoms with van der Waals surface area (Å²) in [6, 6.07) is 14.7. The summed E-state index contributed by atoms with van der Waals surface area (Å²) in [6.07, 6.45) is 0. The lowest BCUT2D eigenvalue weighted by molar-refractivity contribution is 0.981. The summed E-state index contributed by atoms with van der Waals surface area (Å²) in [5.74, 6) is 1.28. The van der Waals surface area contributed by atoms with Crippen molar-refractivity contribution in [1.29, 1.82) is 0 Å². The molecule has 0 unspecified atom stereocenters. The van der Waals surface area contributed by atoms with Gasteiger partial charge in [0.25, 0.3) is 0 Å². The van der Waals surface area contributed by atoms with E-state index in [4.69, 9.17) is 11.6 Å². The molecule has 4 heteroatoms. The van der Waals surface area contributed by atoms with Crippen LogP contribution < -0.4 is 0 Å². The van der Waals surface area contributed by atoms with E-state index < -0.39 is 0 Å².